The van der Waals surface area contributed by atoms with E-state index in [1.54, 1.807) is 96.7 Å². The molecule has 0 saturated heterocycles. The minimum atomic E-state index is -0.966. The molecule has 0 aromatic rings. The van der Waals surface area contributed by atoms with E-state index in [1.807, 2.05) is 53.7 Å². The molecule has 1 rings (SSSR count). The van der Waals surface area contributed by atoms with Gasteiger partial charge in [-0.05, 0) is 110 Å². The lowest BCUT2D eigenvalue weighted by Crippen LogP contribution is -2.45. The van der Waals surface area contributed by atoms with Gasteiger partial charge in [0.25, 0.3) is 0 Å². The van der Waals surface area contributed by atoms with Crippen molar-refractivity contribution in [2.45, 2.75) is 182 Å². The normalized spacial score (nSPS) is 28.6. The summed E-state index contributed by atoms with van der Waals surface area (Å²) in [5.41, 5.74) is 1.10. The van der Waals surface area contributed by atoms with Crippen LogP contribution in [0.4, 0.5) is 0 Å². The van der Waals surface area contributed by atoms with E-state index >= 15 is 0 Å². The van der Waals surface area contributed by atoms with Crippen molar-refractivity contribution < 1.29 is 67.3 Å². The molecule has 436 valence electrons. The second-order valence-electron chi connectivity index (χ2n) is 21.9. The standard InChI is InChI=1S/C59H101N3O14/c1-38-27-28-39(2)51(72-18)31-30-41(4)56(76-59(69)49(36-70-16)61(13)14)43(6)50(65)24-20-19-21-26-54(66)74-52(25-22-23-48(35-38)71-17)44(7)55(67)40(3)29-32-53(75-58(68)46(9)60(11)12)45(8)57(73-47(10)64)42(5)33-34-62(15)37-63/h19-23,26,28,33-34,37-38,40-46,48-53,55-57,65,67H,24-25,27,29-32,35-36H2,1-18H3/b20-19+,23-22+,26-21+,34-33+,39-28+/t38-,40+,41-,42-,43+,44-,45+,46?,48+,49+,50-,51+,52+,53-,55+,56-,57-/m1/s1. The minimum Gasteiger partial charge on any atom is -0.462 e. The average molecular weight is 1080 g/mol. The van der Waals surface area contributed by atoms with Gasteiger partial charge in [0.05, 0.1) is 31.0 Å². The minimum absolute atomic E-state index is 0.131. The van der Waals surface area contributed by atoms with E-state index < -0.39 is 90.3 Å². The van der Waals surface area contributed by atoms with Crippen LogP contribution in [0, 0.1) is 41.4 Å². The number of hydrogen-bond donors (Lipinski definition) is 2. The number of aliphatic hydroxyl groups is 2. The number of allylic oxidation sites excluding steroid dienone is 3. The van der Waals surface area contributed by atoms with Crippen LogP contribution in [0.1, 0.15) is 121 Å². The van der Waals surface area contributed by atoms with Gasteiger partial charge in [-0.15, -0.1) is 0 Å². The maximum absolute atomic E-state index is 13.6. The molecular weight excluding hydrogens is 975 g/mol. The number of esters is 4. The second-order valence-corrected chi connectivity index (χ2v) is 21.9. The number of carbonyl (C=O) groups is 5. The summed E-state index contributed by atoms with van der Waals surface area (Å²) in [6.07, 6.45) is 15.4. The van der Waals surface area contributed by atoms with Crippen LogP contribution in [-0.2, 0) is 57.1 Å². The SMILES string of the molecule is COC[C@@H](C(=O)O[C@H]1[C@@H](C)[C@H](O)C/C=C/C=C/C(=O)O[C@H]([C@@H](C)[C@@H](O)[C@@H](C)CC[C@@H](OC(=O)C(C)N(C)C)[C@H](C)[C@H](OC(C)=O)[C@H](C)/C=C/N(C)C=O)C/C=C/[C@H](OC)C[C@H](C)C/C=C(\C)[C@@H](OC)CC[C@H]1C)N(C)C. The van der Waals surface area contributed by atoms with Gasteiger partial charge in [0.2, 0.25) is 6.41 Å². The first-order valence-electron chi connectivity index (χ1n) is 27.3. The van der Waals surface area contributed by atoms with Crippen LogP contribution >= 0.6 is 0 Å². The van der Waals surface area contributed by atoms with Gasteiger partial charge in [0.15, 0.2) is 0 Å². The molecular formula is C59H101N3O14. The molecule has 1 heterocycles. The van der Waals surface area contributed by atoms with Crippen molar-refractivity contribution in [3.8, 4) is 0 Å². The fraction of sp³-hybridized carbons (Fsp3) is 0.746. The molecule has 1 amide bonds. The highest BCUT2D eigenvalue weighted by Gasteiger charge is 2.38. The Labute approximate surface area is 457 Å². The highest BCUT2D eigenvalue weighted by molar-refractivity contribution is 5.82. The number of aliphatic hydroxyl groups excluding tert-OH is 2. The van der Waals surface area contributed by atoms with Gasteiger partial charge in [0.1, 0.15) is 36.5 Å². The maximum Gasteiger partial charge on any atom is 0.331 e. The Morgan fingerprint density at radius 2 is 1.54 bits per heavy atom. The number of nitrogens with zero attached hydrogens (tertiary/aromatic N) is 3. The number of hydrogen-bond acceptors (Lipinski definition) is 16. The third-order valence-electron chi connectivity index (χ3n) is 15.2. The predicted molar refractivity (Wildman–Crippen MR) is 297 cm³/mol. The summed E-state index contributed by atoms with van der Waals surface area (Å²) >= 11 is 0. The molecule has 0 aliphatic carbocycles. The number of cyclic esters (lactones) is 1. The first-order valence-corrected chi connectivity index (χ1v) is 27.3. The predicted octanol–water partition coefficient (Wildman–Crippen LogP) is 7.74. The van der Waals surface area contributed by atoms with Crippen LogP contribution in [0.2, 0.25) is 0 Å². The molecule has 17 nitrogen and oxygen atoms in total. The van der Waals surface area contributed by atoms with Crippen LogP contribution in [-0.4, -0.2) is 179 Å². The zero-order chi connectivity index (χ0) is 57.8. The third kappa shape index (κ3) is 25.1. The Balaban J connectivity index is 3.64. The lowest BCUT2D eigenvalue weighted by atomic mass is 9.82. The second kappa shape index (κ2) is 36.8. The van der Waals surface area contributed by atoms with E-state index in [1.165, 1.54) is 25.0 Å². The van der Waals surface area contributed by atoms with E-state index in [2.05, 4.69) is 19.9 Å². The Bertz CT molecular complexity index is 1870. The van der Waals surface area contributed by atoms with Crippen molar-refractivity contribution in [2.75, 3.05) is 63.2 Å². The molecule has 1 unspecified atom stereocenters. The van der Waals surface area contributed by atoms with Crippen molar-refractivity contribution in [3.05, 3.63) is 60.4 Å². The molecule has 76 heavy (non-hydrogen) atoms. The van der Waals surface area contributed by atoms with Crippen LogP contribution < -0.4 is 0 Å². The summed E-state index contributed by atoms with van der Waals surface area (Å²) in [6, 6.07) is -1.20. The molecule has 0 aromatic carbocycles. The fourth-order valence-electron chi connectivity index (χ4n) is 9.44. The number of likely N-dealkylation sites (N-methyl/N-ethyl adjacent to an activating group) is 2. The van der Waals surface area contributed by atoms with Gasteiger partial charge >= 0.3 is 23.9 Å². The van der Waals surface area contributed by atoms with Crippen molar-refractivity contribution in [3.63, 3.8) is 0 Å². The summed E-state index contributed by atoms with van der Waals surface area (Å²) in [4.78, 5) is 69.2. The molecule has 0 spiro atoms. The zero-order valence-electron chi connectivity index (χ0n) is 49.6. The molecule has 0 bridgehead atoms. The first kappa shape index (κ1) is 69.8. The molecule has 1 aliphatic heterocycles. The Morgan fingerprint density at radius 1 is 0.868 bits per heavy atom. The maximum atomic E-state index is 13.6. The largest absolute Gasteiger partial charge is 0.462 e. The summed E-state index contributed by atoms with van der Waals surface area (Å²) < 4.78 is 41.6. The van der Waals surface area contributed by atoms with Gasteiger partial charge in [-0.25, -0.2) is 4.79 Å². The molecule has 0 saturated carbocycles. The number of carbonyl (C=O) groups excluding carboxylic acids is 5. The van der Waals surface area contributed by atoms with Gasteiger partial charge in [-0.2, -0.15) is 0 Å². The van der Waals surface area contributed by atoms with E-state index in [0.717, 1.165) is 12.0 Å². The van der Waals surface area contributed by atoms with E-state index in [9.17, 15) is 34.2 Å². The number of methoxy groups -OCH3 is 3. The van der Waals surface area contributed by atoms with Crippen LogP contribution in [0.3, 0.4) is 0 Å². The number of ether oxygens (including phenoxy) is 7. The van der Waals surface area contributed by atoms with Crippen molar-refractivity contribution in [1.29, 1.82) is 0 Å². The van der Waals surface area contributed by atoms with Crippen molar-refractivity contribution in [1.82, 2.24) is 14.7 Å². The molecule has 1 aliphatic rings. The first-order chi connectivity index (χ1) is 35.7. The summed E-state index contributed by atoms with van der Waals surface area (Å²) in [7, 11) is 13.6. The molecule has 0 aromatic heterocycles. The van der Waals surface area contributed by atoms with Crippen molar-refractivity contribution in [2.24, 2.45) is 41.4 Å². The molecule has 0 radical (unpaired) electrons. The average Bonchev–Trinajstić information content (AvgIpc) is 3.37. The van der Waals surface area contributed by atoms with E-state index in [0.29, 0.717) is 38.5 Å². The van der Waals surface area contributed by atoms with Crippen LogP contribution in [0.15, 0.2) is 60.4 Å². The van der Waals surface area contributed by atoms with Gasteiger partial charge in [0, 0.05) is 77.7 Å². The Morgan fingerprint density at radius 3 is 2.12 bits per heavy atom. The number of amides is 1. The lowest BCUT2D eigenvalue weighted by Gasteiger charge is -2.35. The molecule has 17 atom stereocenters. The van der Waals surface area contributed by atoms with Gasteiger partial charge < -0.3 is 48.3 Å². The van der Waals surface area contributed by atoms with Gasteiger partial charge in [-0.3, -0.25) is 29.0 Å². The molecule has 2 N–H and O–H groups in total. The van der Waals surface area contributed by atoms with Crippen molar-refractivity contribution >= 4 is 30.3 Å². The van der Waals surface area contributed by atoms with Crippen LogP contribution in [0.5, 0.6) is 0 Å². The van der Waals surface area contributed by atoms with Crippen LogP contribution in [0.25, 0.3) is 0 Å². The zero-order valence-corrected chi connectivity index (χ0v) is 49.6. The highest BCUT2D eigenvalue weighted by Crippen LogP contribution is 2.32. The smallest absolute Gasteiger partial charge is 0.331 e. The Kier molecular flexibility index (Phi) is 33.8. The highest BCUT2D eigenvalue weighted by atomic mass is 16.6. The van der Waals surface area contributed by atoms with E-state index in [4.69, 9.17) is 33.2 Å². The summed E-state index contributed by atoms with van der Waals surface area (Å²) in [5.74, 6) is -4.14. The fourth-order valence-corrected chi connectivity index (χ4v) is 9.44. The van der Waals surface area contributed by atoms with E-state index in [-0.39, 0.29) is 55.3 Å². The summed E-state index contributed by atoms with van der Waals surface area (Å²) in [6.45, 7) is 18.8. The monoisotopic (exact) mass is 1080 g/mol. The topological polar surface area (TPSA) is 200 Å². The Hall–Kier alpha value is -4.23. The quantitative estimate of drug-likeness (QED) is 0.0435. The molecule has 17 heteroatoms. The third-order valence-corrected chi connectivity index (χ3v) is 15.2. The lowest BCUT2D eigenvalue weighted by molar-refractivity contribution is -0.166. The summed E-state index contributed by atoms with van der Waals surface area (Å²) in [5, 5.41) is 23.6. The number of rotatable bonds is 23. The van der Waals surface area contributed by atoms with Gasteiger partial charge in [-0.1, -0.05) is 91.0 Å². The molecule has 0 fully saturated rings.